The monoisotopic (exact) mass is 275 g/mol. The summed E-state index contributed by atoms with van der Waals surface area (Å²) >= 11 is 3.93. The van der Waals surface area contributed by atoms with Crippen molar-refractivity contribution in [3.05, 3.63) is 51.7 Å². The molecule has 0 saturated heterocycles. The van der Waals surface area contributed by atoms with Gasteiger partial charge in [-0.05, 0) is 44.2 Å². The lowest BCUT2D eigenvalue weighted by atomic mass is 10.0. The molecule has 0 fully saturated rings. The summed E-state index contributed by atoms with van der Waals surface area (Å²) in [6.45, 7) is 2.18. The zero-order chi connectivity index (χ0) is 12.5. The van der Waals surface area contributed by atoms with E-state index in [1.807, 2.05) is 23.1 Å². The third-order valence-corrected chi connectivity index (χ3v) is 5.90. The van der Waals surface area contributed by atoms with Gasteiger partial charge < -0.3 is 5.32 Å². The molecule has 0 amide bonds. The summed E-state index contributed by atoms with van der Waals surface area (Å²) in [6.07, 6.45) is 1.17. The van der Waals surface area contributed by atoms with Crippen molar-refractivity contribution in [2.45, 2.75) is 29.5 Å². The molecule has 3 rings (SSSR count). The molecule has 2 aromatic rings. The molecule has 2 atom stereocenters. The smallest absolute Gasteiger partial charge is 0.0539 e. The Balaban J connectivity index is 1.83. The minimum atomic E-state index is 0.459. The maximum Gasteiger partial charge on any atom is 0.0539 e. The molecule has 1 aliphatic heterocycles. The number of nitrogens with one attached hydrogen (secondary N) is 1. The Hall–Kier alpha value is -0.770. The van der Waals surface area contributed by atoms with Crippen LogP contribution in [0.15, 0.2) is 41.3 Å². The molecule has 2 heterocycles. The van der Waals surface area contributed by atoms with E-state index in [-0.39, 0.29) is 0 Å². The van der Waals surface area contributed by atoms with Crippen molar-refractivity contribution < 1.29 is 0 Å². The summed E-state index contributed by atoms with van der Waals surface area (Å²) in [4.78, 5) is 4.31. The van der Waals surface area contributed by atoms with E-state index in [1.54, 1.807) is 0 Å². The predicted molar refractivity (Wildman–Crippen MR) is 80.6 cm³/mol. The highest BCUT2D eigenvalue weighted by molar-refractivity contribution is 8.00. The van der Waals surface area contributed by atoms with Crippen LogP contribution in [0.2, 0.25) is 0 Å². The average Bonchev–Trinajstić information content (AvgIpc) is 2.96. The van der Waals surface area contributed by atoms with E-state index in [1.165, 1.54) is 26.6 Å². The van der Waals surface area contributed by atoms with Crippen LogP contribution in [0.1, 0.15) is 21.4 Å². The number of aryl methyl sites for hydroxylation is 1. The normalized spacial score (nSPS) is 19.8. The Morgan fingerprint density at radius 2 is 2.06 bits per heavy atom. The molecule has 1 aromatic carbocycles. The lowest BCUT2D eigenvalue weighted by Crippen LogP contribution is -2.26. The minimum Gasteiger partial charge on any atom is -0.311 e. The number of thioether (sulfide) groups is 1. The predicted octanol–water partition coefficient (Wildman–Crippen LogP) is 4.03. The second kappa shape index (κ2) is 5.08. The van der Waals surface area contributed by atoms with Gasteiger partial charge >= 0.3 is 0 Å². The van der Waals surface area contributed by atoms with E-state index in [0.717, 1.165) is 0 Å². The fourth-order valence-corrected chi connectivity index (χ4v) is 5.13. The van der Waals surface area contributed by atoms with Gasteiger partial charge in [-0.1, -0.05) is 18.2 Å². The maximum atomic E-state index is 3.50. The summed E-state index contributed by atoms with van der Waals surface area (Å²) < 4.78 is 0. The zero-order valence-corrected chi connectivity index (χ0v) is 12.3. The fourth-order valence-electron chi connectivity index (χ4n) is 2.53. The summed E-state index contributed by atoms with van der Waals surface area (Å²) in [7, 11) is 2.07. The number of hydrogen-bond donors (Lipinski definition) is 1. The van der Waals surface area contributed by atoms with Crippen molar-refractivity contribution >= 4 is 23.1 Å². The molecule has 3 heteroatoms. The lowest BCUT2D eigenvalue weighted by Gasteiger charge is -2.21. The summed E-state index contributed by atoms with van der Waals surface area (Å²) in [5, 5.41) is 4.11. The number of rotatable bonds is 3. The third-order valence-electron chi connectivity index (χ3n) is 3.42. The van der Waals surface area contributed by atoms with Crippen molar-refractivity contribution in [3.63, 3.8) is 0 Å². The molecule has 1 aromatic heterocycles. The number of thiophene rings is 1. The maximum absolute atomic E-state index is 3.50. The zero-order valence-electron chi connectivity index (χ0n) is 10.6. The molecule has 1 N–H and O–H groups in total. The molecule has 94 valence electrons. The first-order chi connectivity index (χ1) is 8.78. The van der Waals surface area contributed by atoms with Gasteiger partial charge in [-0.15, -0.1) is 23.1 Å². The Morgan fingerprint density at radius 3 is 2.72 bits per heavy atom. The van der Waals surface area contributed by atoms with Crippen LogP contribution in [0.25, 0.3) is 0 Å². The molecule has 0 bridgehead atoms. The molecule has 0 saturated carbocycles. The first-order valence-electron chi connectivity index (χ1n) is 6.26. The second-order valence-electron chi connectivity index (χ2n) is 4.68. The number of benzene rings is 1. The van der Waals surface area contributed by atoms with E-state index in [2.05, 4.69) is 55.7 Å². The van der Waals surface area contributed by atoms with E-state index >= 15 is 0 Å². The molecule has 0 radical (unpaired) electrons. The van der Waals surface area contributed by atoms with Crippen LogP contribution in [-0.4, -0.2) is 12.3 Å². The Labute approximate surface area is 117 Å². The quantitative estimate of drug-likeness (QED) is 0.907. The van der Waals surface area contributed by atoms with Gasteiger partial charge in [0.25, 0.3) is 0 Å². The van der Waals surface area contributed by atoms with Gasteiger partial charge in [0.15, 0.2) is 0 Å². The average molecular weight is 275 g/mol. The molecular weight excluding hydrogens is 258 g/mol. The highest BCUT2D eigenvalue weighted by Crippen LogP contribution is 2.43. The Morgan fingerprint density at radius 1 is 1.22 bits per heavy atom. The largest absolute Gasteiger partial charge is 0.311 e. The molecular formula is C15H17NS2. The van der Waals surface area contributed by atoms with E-state index in [4.69, 9.17) is 0 Å². The van der Waals surface area contributed by atoms with Gasteiger partial charge in [-0.25, -0.2) is 0 Å². The summed E-state index contributed by atoms with van der Waals surface area (Å²) in [5.74, 6) is 0. The van der Waals surface area contributed by atoms with Gasteiger partial charge in [-0.2, -0.15) is 0 Å². The molecule has 0 spiro atoms. The van der Waals surface area contributed by atoms with Crippen LogP contribution in [0.4, 0.5) is 0 Å². The second-order valence-corrected chi connectivity index (χ2v) is 7.28. The lowest BCUT2D eigenvalue weighted by molar-refractivity contribution is 0.577. The summed E-state index contributed by atoms with van der Waals surface area (Å²) in [5.41, 5.74) is 1.50. The van der Waals surface area contributed by atoms with Crippen molar-refractivity contribution in [3.8, 4) is 0 Å². The van der Waals surface area contributed by atoms with Gasteiger partial charge in [0.1, 0.15) is 0 Å². The Bertz CT molecular complexity index is 522. The van der Waals surface area contributed by atoms with Crippen LogP contribution in [0, 0.1) is 6.92 Å². The van der Waals surface area contributed by atoms with Gasteiger partial charge in [0.2, 0.25) is 0 Å². The standard InChI is InChI=1S/C15H17NS2/c1-10-7-8-13(17-10)15(16-2)14-9-11-5-3-4-6-12(11)18-14/h3-8,14-16H,9H2,1-2H3. The molecule has 2 unspecified atom stereocenters. The van der Waals surface area contributed by atoms with Crippen LogP contribution in [0.5, 0.6) is 0 Å². The van der Waals surface area contributed by atoms with Gasteiger partial charge in [-0.3, -0.25) is 0 Å². The molecule has 1 nitrogen and oxygen atoms in total. The van der Waals surface area contributed by atoms with Crippen LogP contribution < -0.4 is 5.32 Å². The molecule has 0 aliphatic carbocycles. The highest BCUT2D eigenvalue weighted by Gasteiger charge is 2.30. The number of fused-ring (bicyclic) bond motifs is 1. The first kappa shape index (κ1) is 12.3. The van der Waals surface area contributed by atoms with E-state index < -0.39 is 0 Å². The van der Waals surface area contributed by atoms with Crippen LogP contribution in [0.3, 0.4) is 0 Å². The first-order valence-corrected chi connectivity index (χ1v) is 7.95. The topological polar surface area (TPSA) is 12.0 Å². The van der Waals surface area contributed by atoms with Gasteiger partial charge in [0, 0.05) is 19.9 Å². The van der Waals surface area contributed by atoms with Crippen molar-refractivity contribution in [1.29, 1.82) is 0 Å². The van der Waals surface area contributed by atoms with Gasteiger partial charge in [0.05, 0.1) is 6.04 Å². The number of hydrogen-bond acceptors (Lipinski definition) is 3. The summed E-state index contributed by atoms with van der Waals surface area (Å²) in [6, 6.07) is 13.7. The Kier molecular flexibility index (Phi) is 3.46. The SMILES string of the molecule is CNC(c1ccc(C)s1)C1Cc2ccccc2S1. The molecule has 18 heavy (non-hydrogen) atoms. The minimum absolute atomic E-state index is 0.459. The van der Waals surface area contributed by atoms with E-state index in [9.17, 15) is 0 Å². The molecule has 1 aliphatic rings. The van der Waals surface area contributed by atoms with Crippen LogP contribution in [-0.2, 0) is 6.42 Å². The van der Waals surface area contributed by atoms with Crippen LogP contribution >= 0.6 is 23.1 Å². The van der Waals surface area contributed by atoms with Crippen molar-refractivity contribution in [2.75, 3.05) is 7.05 Å². The van der Waals surface area contributed by atoms with Crippen molar-refractivity contribution in [1.82, 2.24) is 5.32 Å². The third kappa shape index (κ3) is 2.22. The van der Waals surface area contributed by atoms with Crippen molar-refractivity contribution in [2.24, 2.45) is 0 Å². The highest BCUT2D eigenvalue weighted by atomic mass is 32.2. The van der Waals surface area contributed by atoms with E-state index in [0.29, 0.717) is 11.3 Å². The fraction of sp³-hybridized carbons (Fsp3) is 0.333.